The van der Waals surface area contributed by atoms with Crippen molar-refractivity contribution in [3.8, 4) is 17.2 Å². The first-order chi connectivity index (χ1) is 11.1. The van der Waals surface area contributed by atoms with Crippen LogP contribution in [0.5, 0.6) is 17.2 Å². The van der Waals surface area contributed by atoms with Gasteiger partial charge >= 0.3 is 7.60 Å². The van der Waals surface area contributed by atoms with Crippen molar-refractivity contribution in [1.82, 2.24) is 0 Å². The van der Waals surface area contributed by atoms with Gasteiger partial charge in [0, 0.05) is 17.5 Å². The molecule has 2 rings (SSSR count). The second kappa shape index (κ2) is 6.83. The normalized spacial score (nSPS) is 14.3. The molecule has 8 heteroatoms. The van der Waals surface area contributed by atoms with E-state index in [1.807, 2.05) is 0 Å². The van der Waals surface area contributed by atoms with Gasteiger partial charge in [0.05, 0.1) is 11.4 Å². The summed E-state index contributed by atoms with van der Waals surface area (Å²) in [5.74, 6) is -1.64. The molecular formula is C16H19O7P. The number of aliphatic hydroxyl groups is 1. The number of hydrogen-bond donors (Lipinski definition) is 6. The molecule has 0 fully saturated rings. The highest BCUT2D eigenvalue weighted by Gasteiger charge is 2.32. The Morgan fingerprint density at radius 2 is 1.58 bits per heavy atom. The predicted octanol–water partition coefficient (Wildman–Crippen LogP) is 1.83. The molecule has 0 amide bonds. The van der Waals surface area contributed by atoms with Crippen LogP contribution in [0.25, 0.3) is 0 Å². The standard InChI is InChI=1S/C16H19O7P/c1-2-12(9-3-5-10(17)6-4-9)16(20)15-13(19)7-11(18)8-14(15)24(21,22)23/h3-8,12,16-20H,2H2,1H3,(H2,21,22,23). The number of aromatic hydroxyl groups is 3. The van der Waals surface area contributed by atoms with Gasteiger partial charge < -0.3 is 30.2 Å². The molecule has 130 valence electrons. The zero-order chi connectivity index (χ0) is 18.1. The summed E-state index contributed by atoms with van der Waals surface area (Å²) in [7, 11) is -4.83. The van der Waals surface area contributed by atoms with Gasteiger partial charge in [0.25, 0.3) is 0 Å². The third-order valence-corrected chi connectivity index (χ3v) is 4.87. The lowest BCUT2D eigenvalue weighted by Gasteiger charge is -2.25. The predicted molar refractivity (Wildman–Crippen MR) is 87.5 cm³/mol. The second-order valence-electron chi connectivity index (χ2n) is 5.49. The maximum absolute atomic E-state index is 11.7. The van der Waals surface area contributed by atoms with Crippen molar-refractivity contribution in [1.29, 1.82) is 0 Å². The number of hydrogen-bond acceptors (Lipinski definition) is 5. The third kappa shape index (κ3) is 3.71. The molecule has 0 radical (unpaired) electrons. The first kappa shape index (κ1) is 18.3. The molecule has 6 N–H and O–H groups in total. The summed E-state index contributed by atoms with van der Waals surface area (Å²) in [6.45, 7) is 1.77. The average Bonchev–Trinajstić information content (AvgIpc) is 2.48. The van der Waals surface area contributed by atoms with Crippen LogP contribution in [0, 0.1) is 0 Å². The van der Waals surface area contributed by atoms with Crippen LogP contribution in [-0.2, 0) is 4.57 Å². The average molecular weight is 354 g/mol. The summed E-state index contributed by atoms with van der Waals surface area (Å²) < 4.78 is 11.7. The van der Waals surface area contributed by atoms with E-state index in [1.165, 1.54) is 12.1 Å². The molecule has 2 aromatic carbocycles. The van der Waals surface area contributed by atoms with E-state index in [2.05, 4.69) is 0 Å². The SMILES string of the molecule is CCC(c1ccc(O)cc1)C(O)c1c(O)cc(O)cc1P(=O)(O)O. The molecule has 0 saturated carbocycles. The van der Waals surface area contributed by atoms with Crippen molar-refractivity contribution >= 4 is 12.9 Å². The largest absolute Gasteiger partial charge is 0.508 e. The molecule has 0 aliphatic heterocycles. The second-order valence-corrected chi connectivity index (χ2v) is 7.06. The molecule has 7 nitrogen and oxygen atoms in total. The zero-order valence-corrected chi connectivity index (χ0v) is 13.8. The number of aliphatic hydroxyl groups excluding tert-OH is 1. The van der Waals surface area contributed by atoms with Crippen LogP contribution < -0.4 is 5.30 Å². The van der Waals surface area contributed by atoms with Crippen LogP contribution in [0.4, 0.5) is 0 Å². The lowest BCUT2D eigenvalue weighted by molar-refractivity contribution is 0.140. The van der Waals surface area contributed by atoms with Gasteiger partial charge in [0.15, 0.2) is 0 Å². The number of benzene rings is 2. The lowest BCUT2D eigenvalue weighted by Crippen LogP contribution is -2.20. The van der Waals surface area contributed by atoms with Gasteiger partial charge in [-0.2, -0.15) is 0 Å². The van der Waals surface area contributed by atoms with Crippen LogP contribution in [0.15, 0.2) is 36.4 Å². The van der Waals surface area contributed by atoms with Crippen molar-refractivity contribution in [2.75, 3.05) is 0 Å². The Morgan fingerprint density at radius 1 is 1.00 bits per heavy atom. The van der Waals surface area contributed by atoms with E-state index in [9.17, 15) is 34.8 Å². The summed E-state index contributed by atoms with van der Waals surface area (Å²) in [6.07, 6.45) is -1.00. The van der Waals surface area contributed by atoms with E-state index in [4.69, 9.17) is 0 Å². The number of phenolic OH excluding ortho intramolecular Hbond substituents is 3. The fourth-order valence-electron chi connectivity index (χ4n) is 2.72. The van der Waals surface area contributed by atoms with Crippen LogP contribution >= 0.6 is 7.60 Å². The first-order valence-corrected chi connectivity index (χ1v) is 8.85. The highest BCUT2D eigenvalue weighted by atomic mass is 31.2. The molecule has 2 aromatic rings. The highest BCUT2D eigenvalue weighted by molar-refractivity contribution is 7.60. The molecule has 0 aliphatic carbocycles. The van der Waals surface area contributed by atoms with E-state index in [-0.39, 0.29) is 11.3 Å². The minimum atomic E-state index is -4.83. The van der Waals surface area contributed by atoms with E-state index in [0.717, 1.165) is 12.1 Å². The topological polar surface area (TPSA) is 138 Å². The van der Waals surface area contributed by atoms with Crippen molar-refractivity contribution < 1.29 is 34.8 Å². The van der Waals surface area contributed by atoms with Gasteiger partial charge in [-0.3, -0.25) is 4.57 Å². The van der Waals surface area contributed by atoms with Crippen LogP contribution in [0.2, 0.25) is 0 Å². The first-order valence-electron chi connectivity index (χ1n) is 7.24. The molecule has 0 aromatic heterocycles. The molecule has 0 aliphatic rings. The van der Waals surface area contributed by atoms with Crippen molar-refractivity contribution in [2.24, 2.45) is 0 Å². The molecule has 2 unspecified atom stereocenters. The number of rotatable bonds is 5. The maximum Gasteiger partial charge on any atom is 0.356 e. The lowest BCUT2D eigenvalue weighted by atomic mass is 9.86. The minimum Gasteiger partial charge on any atom is -0.508 e. The Morgan fingerprint density at radius 3 is 2.08 bits per heavy atom. The fourth-order valence-corrected chi connectivity index (χ4v) is 3.58. The third-order valence-electron chi connectivity index (χ3n) is 3.87. The highest BCUT2D eigenvalue weighted by Crippen LogP contribution is 2.45. The summed E-state index contributed by atoms with van der Waals surface area (Å²) in [5, 5.41) is 38.9. The van der Waals surface area contributed by atoms with E-state index >= 15 is 0 Å². The van der Waals surface area contributed by atoms with Crippen LogP contribution in [0.1, 0.15) is 36.5 Å². The van der Waals surface area contributed by atoms with Gasteiger partial charge in [0.1, 0.15) is 17.2 Å². The Balaban J connectivity index is 2.57. The summed E-state index contributed by atoms with van der Waals surface area (Å²) >= 11 is 0. The molecule has 0 saturated heterocycles. The van der Waals surface area contributed by atoms with Gasteiger partial charge in [-0.15, -0.1) is 0 Å². The van der Waals surface area contributed by atoms with E-state index in [0.29, 0.717) is 12.0 Å². The molecule has 2 atom stereocenters. The van der Waals surface area contributed by atoms with Crippen molar-refractivity contribution in [3.05, 3.63) is 47.5 Å². The fraction of sp³-hybridized carbons (Fsp3) is 0.250. The summed E-state index contributed by atoms with van der Waals surface area (Å²) in [5.41, 5.74) is 0.313. The Kier molecular flexibility index (Phi) is 5.20. The Bertz CT molecular complexity index is 767. The Labute approximate surface area is 138 Å². The van der Waals surface area contributed by atoms with Crippen molar-refractivity contribution in [2.45, 2.75) is 25.4 Å². The van der Waals surface area contributed by atoms with Gasteiger partial charge in [-0.05, 0) is 30.2 Å². The molecule has 0 bridgehead atoms. The van der Waals surface area contributed by atoms with E-state index in [1.54, 1.807) is 19.1 Å². The van der Waals surface area contributed by atoms with Gasteiger partial charge in [-0.1, -0.05) is 19.1 Å². The summed E-state index contributed by atoms with van der Waals surface area (Å²) in [4.78, 5) is 18.9. The van der Waals surface area contributed by atoms with Gasteiger partial charge in [0.2, 0.25) is 0 Å². The number of phenols is 3. The smallest absolute Gasteiger partial charge is 0.356 e. The zero-order valence-electron chi connectivity index (χ0n) is 12.9. The van der Waals surface area contributed by atoms with Gasteiger partial charge in [-0.25, -0.2) is 0 Å². The summed E-state index contributed by atoms with van der Waals surface area (Å²) in [6, 6.07) is 7.79. The van der Waals surface area contributed by atoms with Crippen LogP contribution in [0.3, 0.4) is 0 Å². The monoisotopic (exact) mass is 354 g/mol. The molecule has 24 heavy (non-hydrogen) atoms. The maximum atomic E-state index is 11.7. The molecule has 0 spiro atoms. The quantitative estimate of drug-likeness (QED) is 0.450. The molecule has 0 heterocycles. The van der Waals surface area contributed by atoms with Crippen LogP contribution in [-0.4, -0.2) is 30.2 Å². The Hall–Kier alpha value is -2.05. The van der Waals surface area contributed by atoms with Crippen molar-refractivity contribution in [3.63, 3.8) is 0 Å². The minimum absolute atomic E-state index is 0.0477. The van der Waals surface area contributed by atoms with E-state index < -0.39 is 36.4 Å². The molecular weight excluding hydrogens is 335 g/mol.